The third kappa shape index (κ3) is 4.95. The molecular formula is C20H34ClNO. The van der Waals surface area contributed by atoms with Gasteiger partial charge in [-0.3, -0.25) is 0 Å². The van der Waals surface area contributed by atoms with Gasteiger partial charge in [0.1, 0.15) is 18.2 Å². The number of benzene rings is 1. The number of aliphatic hydroxyl groups is 1. The summed E-state index contributed by atoms with van der Waals surface area (Å²) < 4.78 is 0.860. The molecule has 132 valence electrons. The molecule has 0 bridgehead atoms. The minimum atomic E-state index is -0.556. The van der Waals surface area contributed by atoms with E-state index in [1.165, 1.54) is 11.1 Å². The van der Waals surface area contributed by atoms with Gasteiger partial charge in [0.2, 0.25) is 0 Å². The molecule has 0 saturated heterocycles. The summed E-state index contributed by atoms with van der Waals surface area (Å²) in [6, 6.07) is 9.13. The largest absolute Gasteiger partial charge is 1.00 e. The van der Waals surface area contributed by atoms with E-state index in [4.69, 9.17) is 0 Å². The second kappa shape index (κ2) is 7.55. The monoisotopic (exact) mass is 339 g/mol. The molecule has 1 aliphatic carbocycles. The molecule has 1 aromatic rings. The Morgan fingerprint density at radius 2 is 1.78 bits per heavy atom. The fourth-order valence-electron chi connectivity index (χ4n) is 4.22. The first kappa shape index (κ1) is 20.5. The minimum Gasteiger partial charge on any atom is -1.00 e. The third-order valence-electron chi connectivity index (χ3n) is 5.76. The van der Waals surface area contributed by atoms with Gasteiger partial charge in [0.05, 0.1) is 14.1 Å². The predicted octanol–water partition coefficient (Wildman–Crippen LogP) is 1.15. The fourth-order valence-corrected chi connectivity index (χ4v) is 4.22. The normalized spacial score (nSPS) is 28.5. The van der Waals surface area contributed by atoms with Gasteiger partial charge in [-0.15, -0.1) is 0 Å². The van der Waals surface area contributed by atoms with Crippen LogP contribution in [0.3, 0.4) is 0 Å². The van der Waals surface area contributed by atoms with Crippen molar-refractivity contribution >= 4 is 0 Å². The van der Waals surface area contributed by atoms with E-state index in [0.29, 0.717) is 12.0 Å². The number of halogens is 1. The highest BCUT2D eigenvalue weighted by Gasteiger charge is 2.47. The number of hydrogen-bond acceptors (Lipinski definition) is 1. The number of hydrogen-bond donors (Lipinski definition) is 1. The van der Waals surface area contributed by atoms with E-state index in [1.807, 2.05) is 6.92 Å². The van der Waals surface area contributed by atoms with Crippen LogP contribution in [0.1, 0.15) is 51.2 Å². The molecule has 1 N–H and O–H groups in total. The Kier molecular flexibility index (Phi) is 6.72. The molecule has 3 unspecified atom stereocenters. The number of aryl methyl sites for hydroxylation is 1. The maximum Gasteiger partial charge on any atom is 0.118 e. The van der Waals surface area contributed by atoms with Crippen LogP contribution < -0.4 is 12.4 Å². The molecule has 0 aromatic heterocycles. The maximum absolute atomic E-state index is 11.0. The van der Waals surface area contributed by atoms with Crippen LogP contribution >= 0.6 is 0 Å². The molecule has 1 saturated carbocycles. The highest BCUT2D eigenvalue weighted by atomic mass is 35.5. The lowest BCUT2D eigenvalue weighted by Crippen LogP contribution is -3.00. The molecule has 0 spiro atoms. The summed E-state index contributed by atoms with van der Waals surface area (Å²) in [7, 11) is 4.56. The second-order valence-electron chi connectivity index (χ2n) is 8.57. The van der Waals surface area contributed by atoms with Gasteiger partial charge in [0.15, 0.2) is 0 Å². The number of quaternary nitrogens is 1. The summed E-state index contributed by atoms with van der Waals surface area (Å²) >= 11 is 0. The lowest BCUT2D eigenvalue weighted by molar-refractivity contribution is -0.936. The third-order valence-corrected chi connectivity index (χ3v) is 5.76. The van der Waals surface area contributed by atoms with Crippen molar-refractivity contribution in [2.75, 3.05) is 14.1 Å². The van der Waals surface area contributed by atoms with Crippen LogP contribution in [0.15, 0.2) is 24.3 Å². The van der Waals surface area contributed by atoms with Gasteiger partial charge in [-0.2, -0.15) is 0 Å². The molecule has 3 heteroatoms. The summed E-state index contributed by atoms with van der Waals surface area (Å²) in [5.41, 5.74) is 2.11. The molecule has 1 aliphatic rings. The SMILES string of the molecule is Cc1ccc(C[N+](C)(C)C2CC(C(C)C)CCC2(C)O)cc1.[Cl-]. The number of rotatable bonds is 4. The number of likely N-dealkylation sites (N-methyl/N-ethyl adjacent to an activating group) is 1. The Morgan fingerprint density at radius 1 is 1.22 bits per heavy atom. The highest BCUT2D eigenvalue weighted by molar-refractivity contribution is 5.20. The Morgan fingerprint density at radius 3 is 2.30 bits per heavy atom. The van der Waals surface area contributed by atoms with Crippen molar-refractivity contribution in [2.24, 2.45) is 11.8 Å². The van der Waals surface area contributed by atoms with Crippen molar-refractivity contribution in [3.63, 3.8) is 0 Å². The van der Waals surface area contributed by atoms with E-state index < -0.39 is 5.60 Å². The van der Waals surface area contributed by atoms with Crippen LogP contribution in [0.4, 0.5) is 0 Å². The van der Waals surface area contributed by atoms with Crippen molar-refractivity contribution in [2.45, 2.75) is 65.1 Å². The van der Waals surface area contributed by atoms with E-state index in [1.54, 1.807) is 0 Å². The Labute approximate surface area is 148 Å². The van der Waals surface area contributed by atoms with Gasteiger partial charge in [-0.05, 0) is 38.5 Å². The molecule has 0 heterocycles. The molecule has 1 aromatic carbocycles. The van der Waals surface area contributed by atoms with Gasteiger partial charge in [0.25, 0.3) is 0 Å². The van der Waals surface area contributed by atoms with Crippen LogP contribution in [-0.2, 0) is 6.54 Å². The maximum atomic E-state index is 11.0. The predicted molar refractivity (Wildman–Crippen MR) is 93.6 cm³/mol. The summed E-state index contributed by atoms with van der Waals surface area (Å²) in [5, 5.41) is 11.0. The Bertz CT molecular complexity index is 493. The zero-order chi connectivity index (χ0) is 16.5. The molecule has 0 amide bonds. The van der Waals surface area contributed by atoms with Crippen molar-refractivity contribution in [3.8, 4) is 0 Å². The smallest absolute Gasteiger partial charge is 0.118 e. The summed E-state index contributed by atoms with van der Waals surface area (Å²) in [4.78, 5) is 0. The minimum absolute atomic E-state index is 0. The molecule has 2 rings (SSSR count). The van der Waals surface area contributed by atoms with E-state index in [-0.39, 0.29) is 12.4 Å². The first-order valence-electron chi connectivity index (χ1n) is 8.72. The number of nitrogens with zero attached hydrogens (tertiary/aromatic N) is 1. The van der Waals surface area contributed by atoms with Crippen LogP contribution in [0.5, 0.6) is 0 Å². The highest BCUT2D eigenvalue weighted by Crippen LogP contribution is 2.40. The van der Waals surface area contributed by atoms with Crippen LogP contribution in [0.2, 0.25) is 0 Å². The first-order valence-corrected chi connectivity index (χ1v) is 8.72. The van der Waals surface area contributed by atoms with Gasteiger partial charge in [0, 0.05) is 12.0 Å². The quantitative estimate of drug-likeness (QED) is 0.816. The Hall–Kier alpha value is -0.570. The van der Waals surface area contributed by atoms with Crippen LogP contribution in [0.25, 0.3) is 0 Å². The first-order chi connectivity index (χ1) is 10.1. The summed E-state index contributed by atoms with van der Waals surface area (Å²) in [6.45, 7) is 9.79. The fraction of sp³-hybridized carbons (Fsp3) is 0.700. The van der Waals surface area contributed by atoms with E-state index in [2.05, 4.69) is 59.1 Å². The zero-order valence-electron chi connectivity index (χ0n) is 15.6. The van der Waals surface area contributed by atoms with Crippen LogP contribution in [0, 0.1) is 18.8 Å². The van der Waals surface area contributed by atoms with Crippen molar-refractivity contribution in [3.05, 3.63) is 35.4 Å². The van der Waals surface area contributed by atoms with Crippen molar-refractivity contribution in [1.82, 2.24) is 0 Å². The lowest BCUT2D eigenvalue weighted by atomic mass is 9.71. The Balaban J connectivity index is 0.00000264. The second-order valence-corrected chi connectivity index (χ2v) is 8.57. The van der Waals surface area contributed by atoms with E-state index in [9.17, 15) is 5.11 Å². The standard InChI is InChI=1S/C20H34NO.ClH/c1-15(2)18-11-12-20(4,22)19(13-18)21(5,6)14-17-9-7-16(3)8-10-17;/h7-10,15,18-19,22H,11-14H2,1-6H3;1H/q+1;/p-1. The molecule has 23 heavy (non-hydrogen) atoms. The lowest BCUT2D eigenvalue weighted by Gasteiger charge is -2.50. The van der Waals surface area contributed by atoms with Gasteiger partial charge in [-0.1, -0.05) is 43.7 Å². The average Bonchev–Trinajstić information content (AvgIpc) is 2.40. The molecular weight excluding hydrogens is 306 g/mol. The average molecular weight is 340 g/mol. The van der Waals surface area contributed by atoms with Gasteiger partial charge >= 0.3 is 0 Å². The van der Waals surface area contributed by atoms with Crippen molar-refractivity contribution < 1.29 is 22.0 Å². The topological polar surface area (TPSA) is 20.2 Å². The van der Waals surface area contributed by atoms with E-state index >= 15 is 0 Å². The van der Waals surface area contributed by atoms with Gasteiger partial charge < -0.3 is 22.0 Å². The van der Waals surface area contributed by atoms with Crippen LogP contribution in [-0.4, -0.2) is 35.3 Å². The molecule has 0 radical (unpaired) electrons. The zero-order valence-corrected chi connectivity index (χ0v) is 16.4. The molecule has 1 fully saturated rings. The van der Waals surface area contributed by atoms with Crippen molar-refractivity contribution in [1.29, 1.82) is 0 Å². The molecule has 2 nitrogen and oxygen atoms in total. The van der Waals surface area contributed by atoms with E-state index in [0.717, 1.165) is 36.2 Å². The summed E-state index contributed by atoms with van der Waals surface area (Å²) in [6.07, 6.45) is 3.21. The molecule has 3 atom stereocenters. The molecule has 0 aliphatic heterocycles. The summed E-state index contributed by atoms with van der Waals surface area (Å²) in [5.74, 6) is 1.44. The van der Waals surface area contributed by atoms with Gasteiger partial charge in [-0.25, -0.2) is 0 Å².